The zero-order valence-electron chi connectivity index (χ0n) is 9.50. The van der Waals surface area contributed by atoms with Crippen LogP contribution in [0, 0.1) is 17.8 Å². The summed E-state index contributed by atoms with van der Waals surface area (Å²) in [5.74, 6) is -0.956. The largest absolute Gasteiger partial charge is 0.481 e. The van der Waals surface area contributed by atoms with E-state index in [0.717, 1.165) is 19.3 Å². The van der Waals surface area contributed by atoms with Crippen LogP contribution in [0.2, 0.25) is 0 Å². The highest BCUT2D eigenvalue weighted by Gasteiger charge is 2.53. The fourth-order valence-corrected chi connectivity index (χ4v) is 5.15. The van der Waals surface area contributed by atoms with Gasteiger partial charge in [0.15, 0.2) is 0 Å². The molecule has 5 nitrogen and oxygen atoms in total. The predicted molar refractivity (Wildman–Crippen MR) is 60.8 cm³/mol. The Morgan fingerprint density at radius 3 is 2.35 bits per heavy atom. The van der Waals surface area contributed by atoms with Crippen LogP contribution in [0.5, 0.6) is 0 Å². The third-order valence-corrected chi connectivity index (χ3v) is 6.41. The molecule has 0 aromatic rings. The number of carbonyl (C=O) groups is 1. The van der Waals surface area contributed by atoms with Crippen LogP contribution in [0.4, 0.5) is 0 Å². The van der Waals surface area contributed by atoms with Crippen molar-refractivity contribution in [1.29, 1.82) is 0 Å². The van der Waals surface area contributed by atoms with Gasteiger partial charge in [0.25, 0.3) is 0 Å². The highest BCUT2D eigenvalue weighted by atomic mass is 32.2. The van der Waals surface area contributed by atoms with Crippen LogP contribution in [-0.4, -0.2) is 30.8 Å². The number of fused-ring (bicyclic) bond motifs is 2. The molecule has 3 rings (SSSR count). The van der Waals surface area contributed by atoms with Gasteiger partial charge in [-0.3, -0.25) is 4.79 Å². The highest BCUT2D eigenvalue weighted by Crippen LogP contribution is 2.49. The lowest BCUT2D eigenvalue weighted by Gasteiger charge is -2.28. The number of hydrogen-bond acceptors (Lipinski definition) is 3. The van der Waals surface area contributed by atoms with Crippen LogP contribution < -0.4 is 4.72 Å². The highest BCUT2D eigenvalue weighted by molar-refractivity contribution is 7.90. The zero-order chi connectivity index (χ0) is 12.2. The van der Waals surface area contributed by atoms with Crippen LogP contribution in [0.15, 0.2) is 0 Å². The molecule has 0 amide bonds. The third-order valence-electron chi connectivity index (χ3n) is 4.47. The van der Waals surface area contributed by atoms with Crippen LogP contribution in [0.25, 0.3) is 0 Å². The molecule has 2 bridgehead atoms. The molecular formula is C11H17NO4S. The summed E-state index contributed by atoms with van der Waals surface area (Å²) in [5, 5.41) is 8.95. The Kier molecular flexibility index (Phi) is 2.49. The zero-order valence-corrected chi connectivity index (χ0v) is 10.3. The number of sulfonamides is 1. The first-order valence-electron chi connectivity index (χ1n) is 6.23. The van der Waals surface area contributed by atoms with E-state index in [1.165, 1.54) is 0 Å². The Morgan fingerprint density at radius 2 is 1.76 bits per heavy atom. The van der Waals surface area contributed by atoms with Gasteiger partial charge < -0.3 is 5.11 Å². The van der Waals surface area contributed by atoms with Crippen molar-refractivity contribution in [2.75, 3.05) is 0 Å². The summed E-state index contributed by atoms with van der Waals surface area (Å²) in [7, 11) is -3.27. The van der Waals surface area contributed by atoms with Crippen molar-refractivity contribution in [1.82, 2.24) is 4.72 Å². The molecule has 4 unspecified atom stereocenters. The monoisotopic (exact) mass is 259 g/mol. The smallest absolute Gasteiger partial charge is 0.308 e. The molecule has 3 aliphatic carbocycles. The first-order chi connectivity index (χ1) is 7.99. The van der Waals surface area contributed by atoms with Gasteiger partial charge >= 0.3 is 5.97 Å². The second kappa shape index (κ2) is 3.68. The van der Waals surface area contributed by atoms with Gasteiger partial charge in [0, 0.05) is 6.04 Å². The van der Waals surface area contributed by atoms with Crippen LogP contribution in [0.1, 0.15) is 32.1 Å². The predicted octanol–water partition coefficient (Wildman–Crippen LogP) is 0.568. The van der Waals surface area contributed by atoms with E-state index in [0.29, 0.717) is 12.8 Å². The molecule has 3 fully saturated rings. The molecule has 0 saturated heterocycles. The lowest BCUT2D eigenvalue weighted by Crippen LogP contribution is -2.47. The molecule has 0 aromatic carbocycles. The Hall–Kier alpha value is -0.620. The van der Waals surface area contributed by atoms with Gasteiger partial charge in [-0.15, -0.1) is 0 Å². The van der Waals surface area contributed by atoms with Crippen LogP contribution in [0.3, 0.4) is 0 Å². The molecule has 4 atom stereocenters. The molecule has 2 N–H and O–H groups in total. The van der Waals surface area contributed by atoms with Crippen molar-refractivity contribution >= 4 is 16.0 Å². The summed E-state index contributed by atoms with van der Waals surface area (Å²) in [6.07, 6.45) is 4.20. The second-order valence-electron chi connectivity index (χ2n) is 5.59. The number of hydrogen-bond donors (Lipinski definition) is 2. The van der Waals surface area contributed by atoms with E-state index >= 15 is 0 Å². The van der Waals surface area contributed by atoms with Crippen molar-refractivity contribution < 1.29 is 18.3 Å². The average molecular weight is 259 g/mol. The Bertz CT molecular complexity index is 442. The molecule has 0 aliphatic heterocycles. The van der Waals surface area contributed by atoms with Crippen LogP contribution in [-0.2, 0) is 14.8 Å². The van der Waals surface area contributed by atoms with Crippen molar-refractivity contribution in [2.24, 2.45) is 17.8 Å². The SMILES string of the molecule is O=C(O)C1C2CCC(C2)C1NS(=O)(=O)C1CC1. The fraction of sp³-hybridized carbons (Fsp3) is 0.909. The van der Waals surface area contributed by atoms with Gasteiger partial charge in [-0.25, -0.2) is 13.1 Å². The van der Waals surface area contributed by atoms with E-state index in [9.17, 15) is 18.3 Å². The van der Waals surface area contributed by atoms with Gasteiger partial charge in [0.1, 0.15) is 0 Å². The minimum absolute atomic E-state index is 0.171. The van der Waals surface area contributed by atoms with E-state index in [-0.39, 0.29) is 23.1 Å². The van der Waals surface area contributed by atoms with Gasteiger partial charge in [0.2, 0.25) is 10.0 Å². The normalized spacial score (nSPS) is 40.7. The second-order valence-corrected chi connectivity index (χ2v) is 7.58. The van der Waals surface area contributed by atoms with Gasteiger partial charge in [-0.2, -0.15) is 0 Å². The number of carboxylic acid groups (broad SMARTS) is 1. The number of rotatable bonds is 4. The maximum absolute atomic E-state index is 11.9. The summed E-state index contributed by atoms with van der Waals surface area (Å²) < 4.78 is 26.4. The van der Waals surface area contributed by atoms with Crippen LogP contribution >= 0.6 is 0 Å². The molecule has 3 aliphatic rings. The molecule has 6 heteroatoms. The summed E-state index contributed by atoms with van der Waals surface area (Å²) >= 11 is 0. The Labute approximate surface area is 101 Å². The number of aliphatic carboxylic acids is 1. The lowest BCUT2D eigenvalue weighted by molar-refractivity contribution is -0.144. The fourth-order valence-electron chi connectivity index (χ4n) is 3.48. The molecule has 0 aromatic heterocycles. The molecule has 0 radical (unpaired) electrons. The van der Waals surface area contributed by atoms with Crippen molar-refractivity contribution in [3.63, 3.8) is 0 Å². The third kappa shape index (κ3) is 1.87. The summed E-state index contributed by atoms with van der Waals surface area (Å²) in [6, 6.07) is -0.364. The van der Waals surface area contributed by atoms with Crippen molar-refractivity contribution in [3.05, 3.63) is 0 Å². The van der Waals surface area contributed by atoms with E-state index in [1.54, 1.807) is 0 Å². The average Bonchev–Trinajstić information content (AvgIpc) is 2.92. The van der Waals surface area contributed by atoms with Gasteiger partial charge in [0.05, 0.1) is 11.2 Å². The number of carboxylic acids is 1. The number of nitrogens with one attached hydrogen (secondary N) is 1. The van der Waals surface area contributed by atoms with E-state index in [1.807, 2.05) is 0 Å². The first kappa shape index (κ1) is 11.5. The topological polar surface area (TPSA) is 83.5 Å². The molecule has 17 heavy (non-hydrogen) atoms. The summed E-state index contributed by atoms with van der Waals surface area (Å²) in [5.41, 5.74) is 0. The molecule has 0 spiro atoms. The lowest BCUT2D eigenvalue weighted by atomic mass is 9.85. The molecule has 0 heterocycles. The maximum Gasteiger partial charge on any atom is 0.308 e. The Balaban J connectivity index is 1.79. The standard InChI is InChI=1S/C11H17NO4S/c13-11(14)9-6-1-2-7(5-6)10(9)12-17(15,16)8-3-4-8/h6-10,12H,1-5H2,(H,13,14). The maximum atomic E-state index is 11.9. The minimum Gasteiger partial charge on any atom is -0.481 e. The summed E-state index contributed by atoms with van der Waals surface area (Å²) in [4.78, 5) is 11.2. The van der Waals surface area contributed by atoms with E-state index in [4.69, 9.17) is 0 Å². The summed E-state index contributed by atoms with van der Waals surface area (Å²) in [6.45, 7) is 0. The van der Waals surface area contributed by atoms with Crippen molar-refractivity contribution in [2.45, 2.75) is 43.4 Å². The molecular weight excluding hydrogens is 242 g/mol. The molecule has 3 saturated carbocycles. The van der Waals surface area contributed by atoms with Crippen molar-refractivity contribution in [3.8, 4) is 0 Å². The quantitative estimate of drug-likeness (QED) is 0.773. The van der Waals surface area contributed by atoms with Gasteiger partial charge in [-0.1, -0.05) is 0 Å². The van der Waals surface area contributed by atoms with Gasteiger partial charge in [-0.05, 0) is 43.9 Å². The van der Waals surface area contributed by atoms with E-state index in [2.05, 4.69) is 4.72 Å². The minimum atomic E-state index is -3.27. The Morgan fingerprint density at radius 1 is 1.12 bits per heavy atom. The van der Waals surface area contributed by atoms with E-state index < -0.39 is 21.9 Å². The molecule has 96 valence electrons. The first-order valence-corrected chi connectivity index (χ1v) is 7.77.